The molecule has 2 amide bonds. The molecule has 46 heavy (non-hydrogen) atoms. The highest BCUT2D eigenvalue weighted by Crippen LogP contribution is 2.42. The van der Waals surface area contributed by atoms with Crippen molar-refractivity contribution < 1.29 is 34.0 Å². The number of ether oxygens (including phenoxy) is 3. The minimum absolute atomic E-state index is 0.0114. The Hall–Kier alpha value is -3.51. The molecule has 3 aromatic rings. The quantitative estimate of drug-likeness (QED) is 0.218. The summed E-state index contributed by atoms with van der Waals surface area (Å²) in [6, 6.07) is 21.9. The van der Waals surface area contributed by atoms with E-state index < -0.39 is 23.9 Å². The lowest BCUT2D eigenvalue weighted by atomic mass is 9.84. The van der Waals surface area contributed by atoms with Crippen molar-refractivity contribution in [3.8, 4) is 0 Å². The normalized spacial score (nSPS) is 23.0. The maximum Gasteiger partial charge on any atom is 0.325 e. The maximum absolute atomic E-state index is 12.2. The van der Waals surface area contributed by atoms with Crippen molar-refractivity contribution in [1.29, 1.82) is 0 Å². The summed E-state index contributed by atoms with van der Waals surface area (Å²) in [5.74, 6) is -0.497. The van der Waals surface area contributed by atoms with Crippen molar-refractivity contribution in [2.75, 3.05) is 38.1 Å². The number of carbonyl (C=O) groups is 2. The number of esters is 1. The van der Waals surface area contributed by atoms with Crippen LogP contribution in [0.3, 0.4) is 0 Å². The van der Waals surface area contributed by atoms with Gasteiger partial charge < -0.3 is 40.0 Å². The SMILES string of the molecule is CCOC(=O)CNC(=O)Nc1ccc(C2OC(CN3CCC(O)(c4ccc(Cl)cc4)CC3)C(C)C(c3ccc(CO)cc3)O2)cc1. The minimum atomic E-state index is -0.895. The first-order valence-electron chi connectivity index (χ1n) is 15.7. The smallest absolute Gasteiger partial charge is 0.325 e. The van der Waals surface area contributed by atoms with Gasteiger partial charge in [0.15, 0.2) is 6.29 Å². The first-order chi connectivity index (χ1) is 22.2. The first kappa shape index (κ1) is 33.8. The van der Waals surface area contributed by atoms with Crippen molar-refractivity contribution in [3.05, 3.63) is 100 Å². The van der Waals surface area contributed by atoms with E-state index in [9.17, 15) is 19.8 Å². The van der Waals surface area contributed by atoms with Crippen LogP contribution < -0.4 is 10.6 Å². The molecule has 10 nitrogen and oxygen atoms in total. The predicted octanol–water partition coefficient (Wildman–Crippen LogP) is 5.29. The fourth-order valence-electron chi connectivity index (χ4n) is 6.00. The Morgan fingerprint density at radius 3 is 2.26 bits per heavy atom. The molecule has 2 heterocycles. The molecule has 2 aliphatic heterocycles. The number of anilines is 1. The molecule has 0 spiro atoms. The molecule has 0 radical (unpaired) electrons. The van der Waals surface area contributed by atoms with Crippen molar-refractivity contribution in [1.82, 2.24) is 10.2 Å². The summed E-state index contributed by atoms with van der Waals surface area (Å²) in [5.41, 5.74) is 3.15. The molecule has 3 aromatic carbocycles. The molecule has 5 rings (SSSR count). The summed E-state index contributed by atoms with van der Waals surface area (Å²) in [6.45, 7) is 5.92. The third kappa shape index (κ3) is 8.44. The molecular formula is C35H42ClN3O7. The highest BCUT2D eigenvalue weighted by atomic mass is 35.5. The summed E-state index contributed by atoms with van der Waals surface area (Å²) in [6.07, 6.45) is 0.104. The van der Waals surface area contributed by atoms with Gasteiger partial charge in [-0.3, -0.25) is 4.79 Å². The van der Waals surface area contributed by atoms with Gasteiger partial charge >= 0.3 is 12.0 Å². The zero-order chi connectivity index (χ0) is 32.7. The molecular weight excluding hydrogens is 610 g/mol. The van der Waals surface area contributed by atoms with Gasteiger partial charge in [0.1, 0.15) is 6.54 Å². The monoisotopic (exact) mass is 651 g/mol. The van der Waals surface area contributed by atoms with E-state index >= 15 is 0 Å². The standard InChI is InChI=1S/C35H42ClN3O7/c1-3-44-31(41)20-37-34(42)38-29-14-8-26(9-15-29)33-45-30(23(2)32(46-33)25-6-4-24(22-40)5-7-25)21-39-18-16-35(43,17-19-39)27-10-12-28(36)13-11-27/h4-15,23,30,32-33,40,43H,3,16-22H2,1-2H3,(H2,37,38,42). The van der Waals surface area contributed by atoms with Crippen LogP contribution in [0.15, 0.2) is 72.8 Å². The number of rotatable bonds is 10. The van der Waals surface area contributed by atoms with E-state index in [-0.39, 0.29) is 37.9 Å². The topological polar surface area (TPSA) is 130 Å². The molecule has 0 aliphatic carbocycles. The summed E-state index contributed by atoms with van der Waals surface area (Å²) >= 11 is 6.07. The van der Waals surface area contributed by atoms with Crippen LogP contribution >= 0.6 is 11.6 Å². The number of likely N-dealkylation sites (tertiary alicyclic amines) is 1. The fourth-order valence-corrected chi connectivity index (χ4v) is 6.13. The average Bonchev–Trinajstić information content (AvgIpc) is 3.06. The number of aliphatic hydroxyl groups excluding tert-OH is 1. The number of carbonyl (C=O) groups excluding carboxylic acids is 2. The average molecular weight is 652 g/mol. The van der Waals surface area contributed by atoms with Gasteiger partial charge in [0.25, 0.3) is 0 Å². The van der Waals surface area contributed by atoms with E-state index in [1.54, 1.807) is 19.1 Å². The largest absolute Gasteiger partial charge is 0.465 e. The number of benzene rings is 3. The van der Waals surface area contributed by atoms with Gasteiger partial charge in [0, 0.05) is 41.8 Å². The number of piperidine rings is 1. The van der Waals surface area contributed by atoms with E-state index in [1.165, 1.54) is 0 Å². The number of nitrogens with one attached hydrogen (secondary N) is 2. The van der Waals surface area contributed by atoms with E-state index in [0.717, 1.165) is 22.3 Å². The van der Waals surface area contributed by atoms with Crippen molar-refractivity contribution in [3.63, 3.8) is 0 Å². The Morgan fingerprint density at radius 1 is 0.978 bits per heavy atom. The lowest BCUT2D eigenvalue weighted by molar-refractivity contribution is -0.277. The molecule has 4 atom stereocenters. The van der Waals surface area contributed by atoms with Crippen LogP contribution in [-0.4, -0.2) is 66.0 Å². The third-order valence-electron chi connectivity index (χ3n) is 8.77. The minimum Gasteiger partial charge on any atom is -0.465 e. The summed E-state index contributed by atoms with van der Waals surface area (Å²) in [5, 5.41) is 26.8. The lowest BCUT2D eigenvalue weighted by Gasteiger charge is -2.45. The number of aliphatic hydroxyl groups is 2. The molecule has 0 bridgehead atoms. The molecule has 0 aromatic heterocycles. The second-order valence-corrected chi connectivity index (χ2v) is 12.3. The first-order valence-corrected chi connectivity index (χ1v) is 16.1. The van der Waals surface area contributed by atoms with Crippen LogP contribution in [0.2, 0.25) is 5.02 Å². The number of hydrogen-bond donors (Lipinski definition) is 4. The molecule has 4 unspecified atom stereocenters. The Kier molecular flexibility index (Phi) is 11.3. The van der Waals surface area contributed by atoms with Crippen LogP contribution in [-0.2, 0) is 31.2 Å². The molecule has 2 fully saturated rings. The van der Waals surface area contributed by atoms with E-state index in [1.807, 2.05) is 60.7 Å². The van der Waals surface area contributed by atoms with Crippen LogP contribution in [0.25, 0.3) is 0 Å². The van der Waals surface area contributed by atoms with Crippen molar-refractivity contribution in [2.45, 2.75) is 57.4 Å². The van der Waals surface area contributed by atoms with E-state index in [4.69, 9.17) is 25.8 Å². The van der Waals surface area contributed by atoms with Gasteiger partial charge in [-0.2, -0.15) is 0 Å². The summed E-state index contributed by atoms with van der Waals surface area (Å²) in [7, 11) is 0. The second kappa shape index (κ2) is 15.4. The Labute approximate surface area is 274 Å². The summed E-state index contributed by atoms with van der Waals surface area (Å²) in [4.78, 5) is 26.1. The van der Waals surface area contributed by atoms with Crippen molar-refractivity contribution >= 4 is 29.3 Å². The molecule has 11 heteroatoms. The van der Waals surface area contributed by atoms with Gasteiger partial charge in [0.2, 0.25) is 0 Å². The van der Waals surface area contributed by atoms with E-state index in [2.05, 4.69) is 22.5 Å². The zero-order valence-corrected chi connectivity index (χ0v) is 26.9. The molecule has 2 aliphatic rings. The Bertz CT molecular complexity index is 1440. The predicted molar refractivity (Wildman–Crippen MR) is 174 cm³/mol. The highest BCUT2D eigenvalue weighted by Gasteiger charge is 2.41. The van der Waals surface area contributed by atoms with Gasteiger partial charge in [-0.1, -0.05) is 67.1 Å². The van der Waals surface area contributed by atoms with Crippen LogP contribution in [0, 0.1) is 5.92 Å². The van der Waals surface area contributed by atoms with Crippen LogP contribution in [0.5, 0.6) is 0 Å². The molecule has 4 N–H and O–H groups in total. The lowest BCUT2D eigenvalue weighted by Crippen LogP contribution is -2.49. The third-order valence-corrected chi connectivity index (χ3v) is 9.02. The molecule has 2 saturated heterocycles. The molecule has 0 saturated carbocycles. The maximum atomic E-state index is 12.2. The van der Waals surface area contributed by atoms with E-state index in [0.29, 0.717) is 43.2 Å². The Balaban J connectivity index is 1.27. The second-order valence-electron chi connectivity index (χ2n) is 11.9. The van der Waals surface area contributed by atoms with Crippen LogP contribution in [0.4, 0.5) is 10.5 Å². The number of urea groups is 1. The fraction of sp³-hybridized carbons (Fsp3) is 0.429. The number of nitrogens with zero attached hydrogens (tertiary/aromatic N) is 1. The zero-order valence-electron chi connectivity index (χ0n) is 26.2. The number of hydrogen-bond acceptors (Lipinski definition) is 8. The number of amides is 2. The van der Waals surface area contributed by atoms with Gasteiger partial charge in [-0.05, 0) is 60.7 Å². The van der Waals surface area contributed by atoms with Gasteiger partial charge in [-0.25, -0.2) is 4.79 Å². The van der Waals surface area contributed by atoms with Crippen molar-refractivity contribution in [2.24, 2.45) is 5.92 Å². The van der Waals surface area contributed by atoms with Crippen LogP contribution in [0.1, 0.15) is 61.3 Å². The molecule has 246 valence electrons. The number of halogens is 1. The van der Waals surface area contributed by atoms with Gasteiger partial charge in [0.05, 0.1) is 31.0 Å². The summed E-state index contributed by atoms with van der Waals surface area (Å²) < 4.78 is 18.0. The van der Waals surface area contributed by atoms with Gasteiger partial charge in [-0.15, -0.1) is 0 Å². The highest BCUT2D eigenvalue weighted by molar-refractivity contribution is 6.30. The Morgan fingerprint density at radius 2 is 1.63 bits per heavy atom.